The number of aromatic nitrogens is 2. The van der Waals surface area contributed by atoms with Crippen LogP contribution in [0.2, 0.25) is 0 Å². The highest BCUT2D eigenvalue weighted by atomic mass is 16.5. The van der Waals surface area contributed by atoms with E-state index in [0.717, 1.165) is 50.5 Å². The minimum Gasteiger partial charge on any atom is -0.341 e. The summed E-state index contributed by atoms with van der Waals surface area (Å²) in [6, 6.07) is 0. The molecule has 116 valence electrons. The first kappa shape index (κ1) is 14.5. The Morgan fingerprint density at radius 3 is 2.48 bits per heavy atom. The molecule has 1 aliphatic heterocycles. The Morgan fingerprint density at radius 1 is 1.24 bits per heavy atom. The predicted octanol–water partition coefficient (Wildman–Crippen LogP) is 3.09. The van der Waals surface area contributed by atoms with Crippen LogP contribution in [0.25, 0.3) is 0 Å². The predicted molar refractivity (Wildman–Crippen MR) is 78.9 cm³/mol. The standard InChI is InChI=1S/C16H25N3O2/c1-3-5-12(6-4-2)16(20)19-9-13(10-19)15-17-14(18-21-15)11-7-8-11/h11-13H,3-10H2,1-2H3. The lowest BCUT2D eigenvalue weighted by Crippen LogP contribution is -2.50. The molecule has 3 rings (SSSR count). The van der Waals surface area contributed by atoms with Crippen molar-refractivity contribution in [2.75, 3.05) is 13.1 Å². The Bertz CT molecular complexity index is 483. The molecule has 1 saturated carbocycles. The fourth-order valence-electron chi connectivity index (χ4n) is 3.08. The highest BCUT2D eigenvalue weighted by molar-refractivity contribution is 5.79. The minimum atomic E-state index is 0.200. The summed E-state index contributed by atoms with van der Waals surface area (Å²) in [6.07, 6.45) is 6.51. The van der Waals surface area contributed by atoms with Crippen molar-refractivity contribution >= 4 is 5.91 Å². The highest BCUT2D eigenvalue weighted by Crippen LogP contribution is 2.39. The minimum absolute atomic E-state index is 0.200. The molecule has 1 aromatic heterocycles. The van der Waals surface area contributed by atoms with Gasteiger partial charge in [-0.15, -0.1) is 0 Å². The Balaban J connectivity index is 1.52. The van der Waals surface area contributed by atoms with E-state index in [0.29, 0.717) is 11.8 Å². The van der Waals surface area contributed by atoms with Crippen LogP contribution in [0.4, 0.5) is 0 Å². The normalized spacial score (nSPS) is 19.1. The van der Waals surface area contributed by atoms with Gasteiger partial charge in [0.05, 0.1) is 5.92 Å². The number of carbonyl (C=O) groups is 1. The van der Waals surface area contributed by atoms with Gasteiger partial charge in [0, 0.05) is 24.9 Å². The lowest BCUT2D eigenvalue weighted by atomic mass is 9.92. The average molecular weight is 291 g/mol. The quantitative estimate of drug-likeness (QED) is 0.774. The molecule has 1 amide bonds. The Labute approximate surface area is 126 Å². The van der Waals surface area contributed by atoms with Crippen molar-refractivity contribution in [3.63, 3.8) is 0 Å². The fourth-order valence-corrected chi connectivity index (χ4v) is 3.08. The molecule has 0 radical (unpaired) electrons. The second-order valence-electron chi connectivity index (χ2n) is 6.48. The van der Waals surface area contributed by atoms with Crippen LogP contribution < -0.4 is 0 Å². The summed E-state index contributed by atoms with van der Waals surface area (Å²) in [5, 5.41) is 4.06. The zero-order chi connectivity index (χ0) is 14.8. The molecule has 0 spiro atoms. The van der Waals surface area contributed by atoms with E-state index in [1.165, 1.54) is 12.8 Å². The number of amides is 1. The number of nitrogens with zero attached hydrogens (tertiary/aromatic N) is 3. The summed E-state index contributed by atoms with van der Waals surface area (Å²) >= 11 is 0. The molecule has 1 saturated heterocycles. The van der Waals surface area contributed by atoms with Crippen molar-refractivity contribution < 1.29 is 9.32 Å². The first-order chi connectivity index (χ1) is 10.2. The van der Waals surface area contributed by atoms with Gasteiger partial charge in [-0.1, -0.05) is 31.8 Å². The van der Waals surface area contributed by atoms with Gasteiger partial charge in [-0.2, -0.15) is 4.98 Å². The van der Waals surface area contributed by atoms with Crippen LogP contribution in [-0.2, 0) is 4.79 Å². The number of likely N-dealkylation sites (tertiary alicyclic amines) is 1. The van der Waals surface area contributed by atoms with Crippen LogP contribution >= 0.6 is 0 Å². The van der Waals surface area contributed by atoms with Gasteiger partial charge < -0.3 is 9.42 Å². The molecule has 2 aliphatic rings. The SMILES string of the molecule is CCCC(CCC)C(=O)N1CC(c2nc(C3CC3)no2)C1. The monoisotopic (exact) mass is 291 g/mol. The number of hydrogen-bond donors (Lipinski definition) is 0. The fraction of sp³-hybridized carbons (Fsp3) is 0.812. The van der Waals surface area contributed by atoms with Gasteiger partial charge in [0.1, 0.15) is 0 Å². The van der Waals surface area contributed by atoms with Gasteiger partial charge in [-0.25, -0.2) is 0 Å². The molecule has 0 atom stereocenters. The molecular weight excluding hydrogens is 266 g/mol. The lowest BCUT2D eigenvalue weighted by molar-refractivity contribution is -0.141. The highest BCUT2D eigenvalue weighted by Gasteiger charge is 2.38. The molecule has 2 fully saturated rings. The summed E-state index contributed by atoms with van der Waals surface area (Å²) < 4.78 is 5.35. The van der Waals surface area contributed by atoms with E-state index in [4.69, 9.17) is 4.52 Å². The Kier molecular flexibility index (Phi) is 4.27. The smallest absolute Gasteiger partial charge is 0.233 e. The van der Waals surface area contributed by atoms with Crippen LogP contribution in [-0.4, -0.2) is 34.0 Å². The van der Waals surface area contributed by atoms with Crippen LogP contribution in [0.5, 0.6) is 0 Å². The topological polar surface area (TPSA) is 59.2 Å². The van der Waals surface area contributed by atoms with Crippen LogP contribution in [0, 0.1) is 5.92 Å². The molecular formula is C16H25N3O2. The summed E-state index contributed by atoms with van der Waals surface area (Å²) in [6.45, 7) is 5.78. The van der Waals surface area contributed by atoms with Crippen molar-refractivity contribution in [2.45, 2.75) is 64.2 Å². The maximum absolute atomic E-state index is 12.5. The van der Waals surface area contributed by atoms with Gasteiger partial charge in [-0.05, 0) is 25.7 Å². The molecule has 1 aliphatic carbocycles. The van der Waals surface area contributed by atoms with Crippen molar-refractivity contribution in [3.05, 3.63) is 11.7 Å². The average Bonchev–Trinajstić information content (AvgIpc) is 3.16. The van der Waals surface area contributed by atoms with E-state index >= 15 is 0 Å². The van der Waals surface area contributed by atoms with Gasteiger partial charge in [-0.3, -0.25) is 4.79 Å². The molecule has 0 aromatic carbocycles. The van der Waals surface area contributed by atoms with Gasteiger partial charge >= 0.3 is 0 Å². The van der Waals surface area contributed by atoms with Crippen LogP contribution in [0.1, 0.15) is 75.9 Å². The van der Waals surface area contributed by atoms with Crippen molar-refractivity contribution in [1.82, 2.24) is 15.0 Å². The first-order valence-electron chi connectivity index (χ1n) is 8.35. The third-order valence-electron chi connectivity index (χ3n) is 4.57. The third kappa shape index (κ3) is 3.11. The summed E-state index contributed by atoms with van der Waals surface area (Å²) in [7, 11) is 0. The Morgan fingerprint density at radius 2 is 1.90 bits per heavy atom. The molecule has 5 nitrogen and oxygen atoms in total. The first-order valence-corrected chi connectivity index (χ1v) is 8.35. The Hall–Kier alpha value is -1.39. The molecule has 0 unspecified atom stereocenters. The molecule has 0 bridgehead atoms. The zero-order valence-corrected chi connectivity index (χ0v) is 13.0. The van der Waals surface area contributed by atoms with Gasteiger partial charge in [0.2, 0.25) is 11.8 Å². The molecule has 5 heteroatoms. The number of rotatable bonds is 7. The third-order valence-corrected chi connectivity index (χ3v) is 4.57. The second-order valence-corrected chi connectivity index (χ2v) is 6.48. The molecule has 0 N–H and O–H groups in total. The zero-order valence-electron chi connectivity index (χ0n) is 13.0. The largest absolute Gasteiger partial charge is 0.341 e. The van der Waals surface area contributed by atoms with E-state index in [-0.39, 0.29) is 11.8 Å². The van der Waals surface area contributed by atoms with Crippen LogP contribution in [0.15, 0.2) is 4.52 Å². The number of carbonyl (C=O) groups excluding carboxylic acids is 1. The van der Waals surface area contributed by atoms with Gasteiger partial charge in [0.15, 0.2) is 5.82 Å². The molecule has 2 heterocycles. The number of hydrogen-bond acceptors (Lipinski definition) is 4. The maximum atomic E-state index is 12.5. The second kappa shape index (κ2) is 6.16. The molecule has 21 heavy (non-hydrogen) atoms. The maximum Gasteiger partial charge on any atom is 0.233 e. The van der Waals surface area contributed by atoms with E-state index in [1.807, 2.05) is 4.90 Å². The summed E-state index contributed by atoms with van der Waals surface area (Å²) in [5.74, 6) is 2.88. The van der Waals surface area contributed by atoms with E-state index in [2.05, 4.69) is 24.0 Å². The van der Waals surface area contributed by atoms with Crippen molar-refractivity contribution in [3.8, 4) is 0 Å². The van der Waals surface area contributed by atoms with E-state index < -0.39 is 0 Å². The van der Waals surface area contributed by atoms with Crippen molar-refractivity contribution in [1.29, 1.82) is 0 Å². The summed E-state index contributed by atoms with van der Waals surface area (Å²) in [4.78, 5) is 18.9. The lowest BCUT2D eigenvalue weighted by Gasteiger charge is -2.39. The molecule has 1 aromatic rings. The van der Waals surface area contributed by atoms with E-state index in [1.54, 1.807) is 0 Å². The summed E-state index contributed by atoms with van der Waals surface area (Å²) in [5.41, 5.74) is 0. The van der Waals surface area contributed by atoms with E-state index in [9.17, 15) is 4.79 Å². The van der Waals surface area contributed by atoms with Crippen molar-refractivity contribution in [2.24, 2.45) is 5.92 Å². The van der Waals surface area contributed by atoms with Crippen LogP contribution in [0.3, 0.4) is 0 Å². The van der Waals surface area contributed by atoms with Gasteiger partial charge in [0.25, 0.3) is 0 Å².